The van der Waals surface area contributed by atoms with Gasteiger partial charge in [0, 0.05) is 22.3 Å². The Bertz CT molecular complexity index is 1530. The predicted molar refractivity (Wildman–Crippen MR) is 176 cm³/mol. The molecule has 0 N–H and O–H groups in total. The van der Waals surface area contributed by atoms with Gasteiger partial charge in [0.25, 0.3) is 0 Å². The van der Waals surface area contributed by atoms with E-state index in [4.69, 9.17) is 0 Å². The van der Waals surface area contributed by atoms with Crippen molar-refractivity contribution in [1.82, 2.24) is 0 Å². The molecule has 0 saturated carbocycles. The number of fused-ring (bicyclic) bond motifs is 2. The zero-order valence-corrected chi connectivity index (χ0v) is 26.6. The van der Waals surface area contributed by atoms with Gasteiger partial charge in [0.05, 0.1) is 0 Å². The highest BCUT2D eigenvalue weighted by atomic mass is 16.1. The molecule has 0 heterocycles. The van der Waals surface area contributed by atoms with E-state index in [1.807, 2.05) is 12.1 Å². The maximum atomic E-state index is 14.9. The molecule has 2 heteroatoms. The van der Waals surface area contributed by atoms with Crippen LogP contribution in [0.1, 0.15) is 108 Å². The van der Waals surface area contributed by atoms with Crippen LogP contribution in [0.25, 0.3) is 22.3 Å². The smallest absolute Gasteiger partial charge is 0.195 e. The molecule has 0 aromatic heterocycles. The molecule has 2 nitrogen and oxygen atoms in total. The first-order valence-electron chi connectivity index (χ1n) is 15.3. The maximum absolute atomic E-state index is 14.9. The normalized spacial score (nSPS) is 13.2. The second-order valence-electron chi connectivity index (χ2n) is 14.6. The number of rotatable bonds is 6. The fourth-order valence-corrected chi connectivity index (χ4v) is 5.92. The first-order valence-corrected chi connectivity index (χ1v) is 15.3. The van der Waals surface area contributed by atoms with Gasteiger partial charge in [0.2, 0.25) is 0 Å². The van der Waals surface area contributed by atoms with Gasteiger partial charge < -0.3 is 0 Å². The molecular formula is C40H44O2. The van der Waals surface area contributed by atoms with Crippen LogP contribution in [0.5, 0.6) is 0 Å². The van der Waals surface area contributed by atoms with Crippen LogP contribution in [0.15, 0.2) is 72.8 Å². The van der Waals surface area contributed by atoms with Gasteiger partial charge in [-0.15, -0.1) is 0 Å². The van der Waals surface area contributed by atoms with E-state index in [0.29, 0.717) is 22.3 Å². The van der Waals surface area contributed by atoms with E-state index >= 15 is 0 Å². The molecule has 0 atom stereocenters. The quantitative estimate of drug-likeness (QED) is 0.208. The number of hydrogen-bond acceptors (Lipinski definition) is 2. The van der Waals surface area contributed by atoms with Crippen LogP contribution < -0.4 is 0 Å². The lowest BCUT2D eigenvalue weighted by atomic mass is 9.73. The summed E-state index contributed by atoms with van der Waals surface area (Å²) in [4.78, 5) is 29.8. The Morgan fingerprint density at radius 1 is 0.452 bits per heavy atom. The molecule has 0 aliphatic heterocycles. The Morgan fingerprint density at radius 2 is 0.786 bits per heavy atom. The summed E-state index contributed by atoms with van der Waals surface area (Å²) in [6.07, 6.45) is 3.39. The van der Waals surface area contributed by atoms with Crippen molar-refractivity contribution in [3.63, 3.8) is 0 Å². The maximum Gasteiger partial charge on any atom is 0.195 e. The van der Waals surface area contributed by atoms with Crippen molar-refractivity contribution < 1.29 is 9.59 Å². The molecule has 5 rings (SSSR count). The van der Waals surface area contributed by atoms with E-state index < -0.39 is 0 Å². The molecule has 0 radical (unpaired) electrons. The van der Waals surface area contributed by atoms with Crippen LogP contribution in [0.2, 0.25) is 0 Å². The van der Waals surface area contributed by atoms with Crippen LogP contribution in [-0.2, 0) is 12.8 Å². The largest absolute Gasteiger partial charge is 0.289 e. The Labute approximate surface area is 252 Å². The summed E-state index contributed by atoms with van der Waals surface area (Å²) >= 11 is 0. The second-order valence-corrected chi connectivity index (χ2v) is 14.6. The average molecular weight is 557 g/mol. The van der Waals surface area contributed by atoms with Gasteiger partial charge in [-0.05, 0) is 83.7 Å². The Morgan fingerprint density at radius 3 is 1.10 bits per heavy atom. The molecular weight excluding hydrogens is 512 g/mol. The van der Waals surface area contributed by atoms with Gasteiger partial charge in [0.15, 0.2) is 11.6 Å². The molecule has 0 fully saturated rings. The van der Waals surface area contributed by atoms with Gasteiger partial charge in [0.1, 0.15) is 0 Å². The van der Waals surface area contributed by atoms with Crippen molar-refractivity contribution in [2.75, 3.05) is 0 Å². The standard InChI is InChI=1S/C40H44O2/c1-25-9-13-27(14-10-25)31-19-20-32(28-15-11-26(2)12-16-28)36-35(31)37(41)33-29(21-23-39(3,4)5)17-18-30(34(33)38(36)42)22-24-40(6,7)8/h9-20H,21-24H2,1-8H3. The fourth-order valence-electron chi connectivity index (χ4n) is 5.92. The Kier molecular flexibility index (Phi) is 7.88. The van der Waals surface area contributed by atoms with E-state index in [9.17, 15) is 9.59 Å². The molecule has 0 bridgehead atoms. The van der Waals surface area contributed by atoms with E-state index in [2.05, 4.69) is 116 Å². The summed E-state index contributed by atoms with van der Waals surface area (Å²) in [6, 6.07) is 24.8. The van der Waals surface area contributed by atoms with E-state index in [0.717, 1.165) is 70.2 Å². The number of carbonyl (C=O) groups is 2. The number of carbonyl (C=O) groups excluding carboxylic acids is 2. The molecule has 216 valence electrons. The average Bonchev–Trinajstić information content (AvgIpc) is 2.93. The molecule has 0 saturated heterocycles. The van der Waals surface area contributed by atoms with Crippen molar-refractivity contribution in [3.05, 3.63) is 117 Å². The Balaban J connectivity index is 1.79. The third kappa shape index (κ3) is 6.04. The van der Waals surface area contributed by atoms with Gasteiger partial charge in [-0.3, -0.25) is 9.59 Å². The zero-order chi connectivity index (χ0) is 30.4. The van der Waals surface area contributed by atoms with E-state index in [-0.39, 0.29) is 22.4 Å². The first kappa shape index (κ1) is 29.7. The van der Waals surface area contributed by atoms with Crippen molar-refractivity contribution in [2.24, 2.45) is 10.8 Å². The van der Waals surface area contributed by atoms with Crippen LogP contribution in [0.3, 0.4) is 0 Å². The molecule has 0 amide bonds. The SMILES string of the molecule is Cc1ccc(-c2ccc(-c3ccc(C)cc3)c3c2C(=O)c2c(CCC(C)(C)C)ccc(CCC(C)(C)C)c2C3=O)cc1. The zero-order valence-electron chi connectivity index (χ0n) is 26.6. The summed E-state index contributed by atoms with van der Waals surface area (Å²) in [5, 5.41) is 0. The topological polar surface area (TPSA) is 34.1 Å². The van der Waals surface area contributed by atoms with E-state index in [1.54, 1.807) is 0 Å². The predicted octanol–water partition coefficient (Wildman–Crippen LogP) is 10.4. The highest BCUT2D eigenvalue weighted by molar-refractivity contribution is 6.33. The lowest BCUT2D eigenvalue weighted by Gasteiger charge is -2.28. The van der Waals surface area contributed by atoms with Crippen molar-refractivity contribution in [3.8, 4) is 22.3 Å². The second kappa shape index (κ2) is 11.1. The third-order valence-corrected chi connectivity index (χ3v) is 8.51. The van der Waals surface area contributed by atoms with Crippen LogP contribution in [0.4, 0.5) is 0 Å². The summed E-state index contributed by atoms with van der Waals surface area (Å²) < 4.78 is 0. The third-order valence-electron chi connectivity index (χ3n) is 8.51. The summed E-state index contributed by atoms with van der Waals surface area (Å²) in [5.74, 6) is -0.0451. The highest BCUT2D eigenvalue weighted by Gasteiger charge is 2.37. The monoisotopic (exact) mass is 556 g/mol. The number of aryl methyl sites for hydroxylation is 4. The lowest BCUT2D eigenvalue weighted by Crippen LogP contribution is -2.27. The Hall–Kier alpha value is -3.78. The minimum atomic E-state index is -0.0225. The van der Waals surface area contributed by atoms with Crippen molar-refractivity contribution >= 4 is 11.6 Å². The first-order chi connectivity index (χ1) is 19.7. The van der Waals surface area contributed by atoms with Crippen molar-refractivity contribution in [2.45, 2.75) is 81.1 Å². The minimum Gasteiger partial charge on any atom is -0.289 e. The molecule has 0 unspecified atom stereocenters. The summed E-state index contributed by atoms with van der Waals surface area (Å²) in [6.45, 7) is 17.5. The molecule has 0 spiro atoms. The molecule has 4 aromatic rings. The van der Waals surface area contributed by atoms with Crippen LogP contribution in [0, 0.1) is 24.7 Å². The van der Waals surface area contributed by atoms with Crippen LogP contribution >= 0.6 is 0 Å². The van der Waals surface area contributed by atoms with Gasteiger partial charge in [-0.25, -0.2) is 0 Å². The lowest BCUT2D eigenvalue weighted by molar-refractivity contribution is 0.0978. The van der Waals surface area contributed by atoms with Gasteiger partial charge in [-0.2, -0.15) is 0 Å². The van der Waals surface area contributed by atoms with Crippen LogP contribution in [-0.4, -0.2) is 11.6 Å². The molecule has 1 aliphatic carbocycles. The summed E-state index contributed by atoms with van der Waals surface area (Å²) in [7, 11) is 0. The number of hydrogen-bond donors (Lipinski definition) is 0. The number of ketones is 2. The molecule has 1 aliphatic rings. The van der Waals surface area contributed by atoms with Crippen molar-refractivity contribution in [1.29, 1.82) is 0 Å². The highest BCUT2D eigenvalue weighted by Crippen LogP contribution is 2.43. The molecule has 4 aromatic carbocycles. The summed E-state index contributed by atoms with van der Waals surface area (Å²) in [5.41, 5.74) is 10.4. The van der Waals surface area contributed by atoms with Gasteiger partial charge >= 0.3 is 0 Å². The fraction of sp³-hybridized carbons (Fsp3) is 0.350. The van der Waals surface area contributed by atoms with Gasteiger partial charge in [-0.1, -0.05) is 125 Å². The number of benzene rings is 4. The molecule has 42 heavy (non-hydrogen) atoms. The minimum absolute atomic E-state index is 0.0225. The van der Waals surface area contributed by atoms with E-state index in [1.165, 1.54) is 0 Å².